The van der Waals surface area contributed by atoms with E-state index in [4.69, 9.17) is 14.0 Å². The molecule has 5 nitrogen and oxygen atoms in total. The Kier molecular flexibility index (Phi) is 4.24. The summed E-state index contributed by atoms with van der Waals surface area (Å²) >= 11 is 0. The van der Waals surface area contributed by atoms with Gasteiger partial charge in [-0.1, -0.05) is 11.2 Å². The summed E-state index contributed by atoms with van der Waals surface area (Å²) in [6.07, 6.45) is 0.719. The van der Waals surface area contributed by atoms with Crippen molar-refractivity contribution in [3.8, 4) is 22.8 Å². The minimum absolute atomic E-state index is 0.519. The van der Waals surface area contributed by atoms with E-state index in [0.29, 0.717) is 31.0 Å². The van der Waals surface area contributed by atoms with Crippen LogP contribution in [0.4, 0.5) is 8.78 Å². The molecule has 1 aromatic heterocycles. The molecule has 0 fully saturated rings. The van der Waals surface area contributed by atoms with Crippen LogP contribution >= 0.6 is 0 Å². The Balaban J connectivity index is 1.38. The molecule has 2 aromatic carbocycles. The SMILES string of the molecule is Fc1ccc(-c2noc3c2CN(Cc2ccc4c(c2)OCCO4)CC3)cc1F. The van der Waals surface area contributed by atoms with Crippen molar-refractivity contribution in [2.45, 2.75) is 19.5 Å². The molecule has 5 rings (SSSR count). The number of rotatable bonds is 3. The van der Waals surface area contributed by atoms with Gasteiger partial charge in [-0.25, -0.2) is 8.78 Å². The summed E-state index contributed by atoms with van der Waals surface area (Å²) in [5.74, 6) is 0.585. The van der Waals surface area contributed by atoms with Crippen LogP contribution in [0.3, 0.4) is 0 Å². The van der Waals surface area contributed by atoms with Gasteiger partial charge in [0.05, 0.1) is 0 Å². The number of aromatic nitrogens is 1. The van der Waals surface area contributed by atoms with Crippen molar-refractivity contribution in [2.24, 2.45) is 0 Å². The number of benzene rings is 2. The number of fused-ring (bicyclic) bond motifs is 2. The van der Waals surface area contributed by atoms with Gasteiger partial charge in [0, 0.05) is 37.2 Å². The first-order valence-electron chi connectivity index (χ1n) is 9.21. The Morgan fingerprint density at radius 1 is 0.964 bits per heavy atom. The summed E-state index contributed by atoms with van der Waals surface area (Å²) in [6, 6.07) is 9.77. The quantitative estimate of drug-likeness (QED) is 0.684. The molecule has 28 heavy (non-hydrogen) atoms. The Labute approximate surface area is 160 Å². The molecule has 2 aliphatic heterocycles. The fourth-order valence-corrected chi connectivity index (χ4v) is 3.71. The summed E-state index contributed by atoms with van der Waals surface area (Å²) in [4.78, 5) is 2.27. The molecule has 3 heterocycles. The van der Waals surface area contributed by atoms with Crippen LogP contribution in [0.15, 0.2) is 40.9 Å². The van der Waals surface area contributed by atoms with Gasteiger partial charge in [0.1, 0.15) is 24.7 Å². The Bertz CT molecular complexity index is 1030. The van der Waals surface area contributed by atoms with Crippen LogP contribution < -0.4 is 9.47 Å². The number of ether oxygens (including phenoxy) is 2. The van der Waals surface area contributed by atoms with Gasteiger partial charge in [0.25, 0.3) is 0 Å². The first-order chi connectivity index (χ1) is 13.7. The lowest BCUT2D eigenvalue weighted by atomic mass is 10.0. The zero-order chi connectivity index (χ0) is 19.1. The van der Waals surface area contributed by atoms with Crippen LogP contribution in [-0.2, 0) is 19.5 Å². The molecule has 144 valence electrons. The van der Waals surface area contributed by atoms with Crippen LogP contribution in [0.5, 0.6) is 11.5 Å². The van der Waals surface area contributed by atoms with E-state index in [0.717, 1.165) is 60.0 Å². The van der Waals surface area contributed by atoms with Gasteiger partial charge >= 0.3 is 0 Å². The number of nitrogens with zero attached hydrogens (tertiary/aromatic N) is 2. The predicted octanol–water partition coefficient (Wildman–Crippen LogP) is 3.95. The molecule has 0 spiro atoms. The van der Waals surface area contributed by atoms with Crippen molar-refractivity contribution in [3.63, 3.8) is 0 Å². The third kappa shape index (κ3) is 3.11. The molecule has 0 saturated carbocycles. The van der Waals surface area contributed by atoms with E-state index in [1.807, 2.05) is 18.2 Å². The standard InChI is InChI=1S/C21H18F2N2O3/c22-16-3-2-14(10-17(16)23)21-15-12-25(6-5-18(15)28-24-21)11-13-1-4-19-20(9-13)27-8-7-26-19/h1-4,9-10H,5-8,11-12H2. The van der Waals surface area contributed by atoms with E-state index in [-0.39, 0.29) is 0 Å². The Hall–Kier alpha value is -2.93. The molecule has 0 amide bonds. The van der Waals surface area contributed by atoms with Crippen LogP contribution in [0, 0.1) is 11.6 Å². The fraction of sp³-hybridized carbons (Fsp3) is 0.286. The molecule has 0 radical (unpaired) electrons. The zero-order valence-electron chi connectivity index (χ0n) is 15.1. The largest absolute Gasteiger partial charge is 0.486 e. The second-order valence-corrected chi connectivity index (χ2v) is 7.00. The molecule has 2 aliphatic rings. The minimum Gasteiger partial charge on any atom is -0.486 e. The molecule has 0 aliphatic carbocycles. The second-order valence-electron chi connectivity index (χ2n) is 7.00. The lowest BCUT2D eigenvalue weighted by Crippen LogP contribution is -2.29. The summed E-state index contributed by atoms with van der Waals surface area (Å²) < 4.78 is 43.6. The third-order valence-electron chi connectivity index (χ3n) is 5.11. The van der Waals surface area contributed by atoms with E-state index in [1.165, 1.54) is 6.07 Å². The van der Waals surface area contributed by atoms with Gasteiger partial charge in [0.15, 0.2) is 23.1 Å². The van der Waals surface area contributed by atoms with Crippen LogP contribution in [0.2, 0.25) is 0 Å². The molecule has 3 aromatic rings. The summed E-state index contributed by atoms with van der Waals surface area (Å²) in [5, 5.41) is 4.11. The monoisotopic (exact) mass is 384 g/mol. The Morgan fingerprint density at radius 3 is 2.68 bits per heavy atom. The van der Waals surface area contributed by atoms with Gasteiger partial charge in [-0.15, -0.1) is 0 Å². The summed E-state index contributed by atoms with van der Waals surface area (Å²) in [6.45, 7) is 3.32. The second kappa shape index (κ2) is 6.91. The Morgan fingerprint density at radius 2 is 1.82 bits per heavy atom. The number of hydrogen-bond acceptors (Lipinski definition) is 5. The highest BCUT2D eigenvalue weighted by Crippen LogP contribution is 2.33. The van der Waals surface area contributed by atoms with Crippen LogP contribution in [-0.4, -0.2) is 29.8 Å². The third-order valence-corrected chi connectivity index (χ3v) is 5.11. The molecular weight excluding hydrogens is 366 g/mol. The van der Waals surface area contributed by atoms with E-state index in [1.54, 1.807) is 0 Å². The topological polar surface area (TPSA) is 47.7 Å². The first kappa shape index (κ1) is 17.2. The van der Waals surface area contributed by atoms with E-state index >= 15 is 0 Å². The van der Waals surface area contributed by atoms with Crippen molar-refractivity contribution < 1.29 is 22.8 Å². The molecule has 7 heteroatoms. The highest BCUT2D eigenvalue weighted by Gasteiger charge is 2.25. The maximum atomic E-state index is 13.6. The van der Waals surface area contributed by atoms with Crippen molar-refractivity contribution in [2.75, 3.05) is 19.8 Å². The van der Waals surface area contributed by atoms with E-state index in [9.17, 15) is 8.78 Å². The van der Waals surface area contributed by atoms with Gasteiger partial charge in [-0.2, -0.15) is 0 Å². The zero-order valence-corrected chi connectivity index (χ0v) is 15.1. The van der Waals surface area contributed by atoms with Crippen molar-refractivity contribution in [1.29, 1.82) is 0 Å². The summed E-state index contributed by atoms with van der Waals surface area (Å²) in [5.41, 5.74) is 3.14. The molecule has 0 N–H and O–H groups in total. The van der Waals surface area contributed by atoms with Gasteiger partial charge in [0.2, 0.25) is 0 Å². The molecular formula is C21H18F2N2O3. The fourth-order valence-electron chi connectivity index (χ4n) is 3.71. The van der Waals surface area contributed by atoms with Gasteiger partial charge < -0.3 is 14.0 Å². The van der Waals surface area contributed by atoms with Gasteiger partial charge in [-0.3, -0.25) is 4.90 Å². The van der Waals surface area contributed by atoms with Gasteiger partial charge in [-0.05, 0) is 35.9 Å². The molecule has 0 atom stereocenters. The molecule has 0 saturated heterocycles. The summed E-state index contributed by atoms with van der Waals surface area (Å²) in [7, 11) is 0. The minimum atomic E-state index is -0.891. The first-order valence-corrected chi connectivity index (χ1v) is 9.21. The molecule has 0 unspecified atom stereocenters. The maximum Gasteiger partial charge on any atom is 0.161 e. The smallest absolute Gasteiger partial charge is 0.161 e. The molecule has 0 bridgehead atoms. The van der Waals surface area contributed by atoms with Crippen LogP contribution in [0.25, 0.3) is 11.3 Å². The average Bonchev–Trinajstić information content (AvgIpc) is 3.13. The van der Waals surface area contributed by atoms with Crippen LogP contribution in [0.1, 0.15) is 16.9 Å². The average molecular weight is 384 g/mol. The van der Waals surface area contributed by atoms with Crippen molar-refractivity contribution in [1.82, 2.24) is 10.1 Å². The van der Waals surface area contributed by atoms with E-state index < -0.39 is 11.6 Å². The van der Waals surface area contributed by atoms with Crippen molar-refractivity contribution >= 4 is 0 Å². The normalized spacial score (nSPS) is 16.1. The van der Waals surface area contributed by atoms with E-state index in [2.05, 4.69) is 10.1 Å². The highest BCUT2D eigenvalue weighted by molar-refractivity contribution is 5.63. The predicted molar refractivity (Wildman–Crippen MR) is 97.1 cm³/mol. The highest BCUT2D eigenvalue weighted by atomic mass is 19.2. The van der Waals surface area contributed by atoms with Crippen molar-refractivity contribution in [3.05, 3.63) is 64.9 Å². The maximum absolute atomic E-state index is 13.6. The lowest BCUT2D eigenvalue weighted by molar-refractivity contribution is 0.170. The number of halogens is 2. The lowest BCUT2D eigenvalue weighted by Gasteiger charge is -2.27. The number of hydrogen-bond donors (Lipinski definition) is 0.